The molecule has 13 heavy (non-hydrogen) atoms. The monoisotopic (exact) mass is 184 g/mol. The van der Waals surface area contributed by atoms with E-state index in [4.69, 9.17) is 0 Å². The van der Waals surface area contributed by atoms with Crippen LogP contribution in [0.15, 0.2) is 0 Å². The molecule has 1 aliphatic heterocycles. The van der Waals surface area contributed by atoms with Crippen LogP contribution in [0.5, 0.6) is 0 Å². The minimum atomic E-state index is -0.124. The van der Waals surface area contributed by atoms with Gasteiger partial charge in [-0.15, -0.1) is 0 Å². The molecule has 0 saturated carbocycles. The van der Waals surface area contributed by atoms with Gasteiger partial charge in [0.05, 0.1) is 6.04 Å². The number of rotatable bonds is 1. The summed E-state index contributed by atoms with van der Waals surface area (Å²) in [4.78, 5) is 11.7. The molecule has 0 aromatic rings. The predicted molar refractivity (Wildman–Crippen MR) is 53.5 cm³/mol. The molecule has 0 bridgehead atoms. The van der Waals surface area contributed by atoms with Crippen LogP contribution in [0, 0.1) is 5.92 Å². The quantitative estimate of drug-likeness (QED) is 0.635. The third kappa shape index (κ3) is 2.99. The Labute approximate surface area is 80.3 Å². The summed E-state index contributed by atoms with van der Waals surface area (Å²) < 4.78 is 0. The molecular weight excluding hydrogens is 164 g/mol. The lowest BCUT2D eigenvalue weighted by Gasteiger charge is -2.24. The fraction of sp³-hybridized carbons (Fsp3) is 0.900. The highest BCUT2D eigenvalue weighted by molar-refractivity contribution is 5.83. The van der Waals surface area contributed by atoms with Crippen LogP contribution >= 0.6 is 0 Å². The van der Waals surface area contributed by atoms with Crippen LogP contribution in [-0.4, -0.2) is 24.0 Å². The molecule has 0 aromatic carbocycles. The number of hydrogen-bond donors (Lipinski definition) is 2. The van der Waals surface area contributed by atoms with Crippen molar-refractivity contribution in [1.82, 2.24) is 10.6 Å². The molecule has 76 valence electrons. The molecule has 1 heterocycles. The van der Waals surface area contributed by atoms with E-state index in [0.29, 0.717) is 5.92 Å². The number of amides is 1. The van der Waals surface area contributed by atoms with Crippen LogP contribution in [0.2, 0.25) is 0 Å². The third-order valence-corrected chi connectivity index (χ3v) is 2.31. The van der Waals surface area contributed by atoms with Gasteiger partial charge in [-0.05, 0) is 39.7 Å². The topological polar surface area (TPSA) is 41.1 Å². The summed E-state index contributed by atoms with van der Waals surface area (Å²) >= 11 is 0. The number of carbonyl (C=O) groups is 1. The van der Waals surface area contributed by atoms with Gasteiger partial charge in [0.25, 0.3) is 0 Å². The van der Waals surface area contributed by atoms with Crippen LogP contribution in [0.25, 0.3) is 0 Å². The zero-order valence-corrected chi connectivity index (χ0v) is 8.98. The van der Waals surface area contributed by atoms with Gasteiger partial charge in [-0.3, -0.25) is 4.79 Å². The van der Waals surface area contributed by atoms with Gasteiger partial charge >= 0.3 is 0 Å². The highest BCUT2D eigenvalue weighted by Gasteiger charge is 2.30. The van der Waals surface area contributed by atoms with Gasteiger partial charge in [0.1, 0.15) is 0 Å². The van der Waals surface area contributed by atoms with Crippen molar-refractivity contribution in [3.8, 4) is 0 Å². The lowest BCUT2D eigenvalue weighted by atomic mass is 10.0. The van der Waals surface area contributed by atoms with Gasteiger partial charge in [-0.1, -0.05) is 6.92 Å². The number of hydrogen-bond acceptors (Lipinski definition) is 2. The highest BCUT2D eigenvalue weighted by Crippen LogP contribution is 2.15. The lowest BCUT2D eigenvalue weighted by molar-refractivity contribution is -0.125. The Bertz CT molecular complexity index is 196. The van der Waals surface area contributed by atoms with Crippen LogP contribution in [-0.2, 0) is 4.79 Å². The smallest absolute Gasteiger partial charge is 0.237 e. The fourth-order valence-electron chi connectivity index (χ4n) is 1.63. The summed E-state index contributed by atoms with van der Waals surface area (Å²) in [5.41, 5.74) is -0.124. The first-order valence-electron chi connectivity index (χ1n) is 4.95. The first-order chi connectivity index (χ1) is 5.90. The second-order valence-corrected chi connectivity index (χ2v) is 4.94. The van der Waals surface area contributed by atoms with Gasteiger partial charge in [0.2, 0.25) is 5.91 Å². The molecular formula is C10H20N2O. The molecule has 1 fully saturated rings. The molecule has 2 N–H and O–H groups in total. The Morgan fingerprint density at radius 2 is 2.08 bits per heavy atom. The van der Waals surface area contributed by atoms with Crippen molar-refractivity contribution in [3.63, 3.8) is 0 Å². The van der Waals surface area contributed by atoms with Crippen LogP contribution in [0.1, 0.15) is 34.1 Å². The van der Waals surface area contributed by atoms with Gasteiger partial charge < -0.3 is 10.6 Å². The third-order valence-electron chi connectivity index (χ3n) is 2.31. The molecule has 3 heteroatoms. The first-order valence-corrected chi connectivity index (χ1v) is 4.95. The molecule has 3 nitrogen and oxygen atoms in total. The molecule has 2 unspecified atom stereocenters. The molecule has 0 spiro atoms. The van der Waals surface area contributed by atoms with E-state index in [1.54, 1.807) is 0 Å². The van der Waals surface area contributed by atoms with Crippen LogP contribution in [0.4, 0.5) is 0 Å². The minimum absolute atomic E-state index is 0.0132. The molecule has 1 amide bonds. The number of nitrogens with one attached hydrogen (secondary N) is 2. The average molecular weight is 184 g/mol. The van der Waals surface area contributed by atoms with Crippen molar-refractivity contribution in [3.05, 3.63) is 0 Å². The van der Waals surface area contributed by atoms with Crippen molar-refractivity contribution in [2.45, 2.75) is 45.7 Å². The average Bonchev–Trinajstić information content (AvgIpc) is 2.30. The minimum Gasteiger partial charge on any atom is -0.350 e. The molecule has 1 rings (SSSR count). The maximum Gasteiger partial charge on any atom is 0.237 e. The maximum absolute atomic E-state index is 11.7. The zero-order chi connectivity index (χ0) is 10.1. The number of carbonyl (C=O) groups excluding carboxylic acids is 1. The van der Waals surface area contributed by atoms with E-state index >= 15 is 0 Å². The van der Waals surface area contributed by atoms with E-state index in [1.165, 1.54) is 0 Å². The van der Waals surface area contributed by atoms with Gasteiger partial charge in [-0.25, -0.2) is 0 Å². The fourth-order valence-corrected chi connectivity index (χ4v) is 1.63. The van der Waals surface area contributed by atoms with E-state index in [9.17, 15) is 4.79 Å². The molecule has 2 atom stereocenters. The van der Waals surface area contributed by atoms with Crippen molar-refractivity contribution in [1.29, 1.82) is 0 Å². The standard InChI is InChI=1S/C10H20N2O/c1-7-5-6-11-8(7)9(13)12-10(2,3)4/h7-8,11H,5-6H2,1-4H3,(H,12,13). The second kappa shape index (κ2) is 3.66. The van der Waals surface area contributed by atoms with Crippen molar-refractivity contribution in [2.75, 3.05) is 6.54 Å². The Hall–Kier alpha value is -0.570. The van der Waals surface area contributed by atoms with E-state index in [2.05, 4.69) is 17.6 Å². The Morgan fingerprint density at radius 1 is 1.46 bits per heavy atom. The maximum atomic E-state index is 11.7. The van der Waals surface area contributed by atoms with Gasteiger partial charge in [-0.2, -0.15) is 0 Å². The summed E-state index contributed by atoms with van der Waals surface area (Å²) in [5.74, 6) is 0.597. The Balaban J connectivity index is 2.48. The zero-order valence-electron chi connectivity index (χ0n) is 8.98. The summed E-state index contributed by atoms with van der Waals surface area (Å²) in [6.07, 6.45) is 1.10. The highest BCUT2D eigenvalue weighted by atomic mass is 16.2. The van der Waals surface area contributed by atoms with E-state index in [-0.39, 0.29) is 17.5 Å². The van der Waals surface area contributed by atoms with Gasteiger partial charge in [0, 0.05) is 5.54 Å². The van der Waals surface area contributed by atoms with Crippen molar-refractivity contribution < 1.29 is 4.79 Å². The molecule has 1 aliphatic rings. The van der Waals surface area contributed by atoms with Crippen LogP contribution < -0.4 is 10.6 Å². The summed E-state index contributed by atoms with van der Waals surface area (Å²) in [6.45, 7) is 9.09. The summed E-state index contributed by atoms with van der Waals surface area (Å²) in [7, 11) is 0. The normalized spacial score (nSPS) is 28.9. The molecule has 0 aliphatic carbocycles. The lowest BCUT2D eigenvalue weighted by Crippen LogP contribution is -2.50. The first kappa shape index (κ1) is 10.5. The van der Waals surface area contributed by atoms with Crippen LogP contribution in [0.3, 0.4) is 0 Å². The van der Waals surface area contributed by atoms with E-state index in [1.807, 2.05) is 20.8 Å². The molecule has 1 saturated heterocycles. The Morgan fingerprint density at radius 3 is 2.46 bits per heavy atom. The summed E-state index contributed by atoms with van der Waals surface area (Å²) in [5, 5.41) is 6.21. The van der Waals surface area contributed by atoms with E-state index < -0.39 is 0 Å². The van der Waals surface area contributed by atoms with Crippen molar-refractivity contribution in [2.24, 2.45) is 5.92 Å². The largest absolute Gasteiger partial charge is 0.350 e. The van der Waals surface area contributed by atoms with Crippen molar-refractivity contribution >= 4 is 5.91 Å². The van der Waals surface area contributed by atoms with Gasteiger partial charge in [0.15, 0.2) is 0 Å². The summed E-state index contributed by atoms with van der Waals surface area (Å²) in [6, 6.07) is 0.0132. The predicted octanol–water partition coefficient (Wildman–Crippen LogP) is 0.899. The SMILES string of the molecule is CC1CCNC1C(=O)NC(C)(C)C. The van der Waals surface area contributed by atoms with E-state index in [0.717, 1.165) is 13.0 Å². The Kier molecular flexibility index (Phi) is 2.96. The molecule has 0 aromatic heterocycles. The molecule has 0 radical (unpaired) electrons. The second-order valence-electron chi connectivity index (χ2n) is 4.94.